The molecule has 4 N–H and O–H groups in total. The molecule has 0 bridgehead atoms. The monoisotopic (exact) mass is 208 g/mol. The van der Waals surface area contributed by atoms with Crippen molar-refractivity contribution < 1.29 is 5.11 Å². The van der Waals surface area contributed by atoms with E-state index in [-0.39, 0.29) is 12.0 Å². The Labute approximate surface area is 91.3 Å². The van der Waals surface area contributed by atoms with Crippen molar-refractivity contribution in [2.45, 2.75) is 26.5 Å². The van der Waals surface area contributed by atoms with Gasteiger partial charge in [-0.2, -0.15) is 0 Å². The van der Waals surface area contributed by atoms with Gasteiger partial charge in [-0.25, -0.2) is 0 Å². The quantitative estimate of drug-likeness (QED) is 0.641. The SMILES string of the molecule is CC(O)C(C)CNCc1ccc(N)cc1. The lowest BCUT2D eigenvalue weighted by atomic mass is 10.1. The molecule has 2 atom stereocenters. The van der Waals surface area contributed by atoms with Gasteiger partial charge in [0.15, 0.2) is 0 Å². The highest BCUT2D eigenvalue weighted by atomic mass is 16.3. The van der Waals surface area contributed by atoms with E-state index in [1.807, 2.05) is 38.1 Å². The van der Waals surface area contributed by atoms with Crippen LogP contribution in [0.2, 0.25) is 0 Å². The van der Waals surface area contributed by atoms with E-state index in [4.69, 9.17) is 5.73 Å². The van der Waals surface area contributed by atoms with Gasteiger partial charge in [-0.15, -0.1) is 0 Å². The normalized spacial score (nSPS) is 14.9. The fourth-order valence-corrected chi connectivity index (χ4v) is 1.25. The molecule has 0 aliphatic rings. The highest BCUT2D eigenvalue weighted by molar-refractivity contribution is 5.39. The number of aliphatic hydroxyl groups is 1. The topological polar surface area (TPSA) is 58.3 Å². The lowest BCUT2D eigenvalue weighted by Crippen LogP contribution is -2.27. The van der Waals surface area contributed by atoms with Crippen LogP contribution in [0.3, 0.4) is 0 Å². The van der Waals surface area contributed by atoms with Gasteiger partial charge in [0, 0.05) is 18.8 Å². The molecule has 3 nitrogen and oxygen atoms in total. The first-order valence-corrected chi connectivity index (χ1v) is 5.33. The van der Waals surface area contributed by atoms with Crippen LogP contribution < -0.4 is 11.1 Å². The zero-order valence-corrected chi connectivity index (χ0v) is 9.40. The molecule has 0 saturated heterocycles. The molecule has 1 rings (SSSR count). The van der Waals surface area contributed by atoms with E-state index in [1.54, 1.807) is 0 Å². The molecule has 0 radical (unpaired) electrons. The summed E-state index contributed by atoms with van der Waals surface area (Å²) in [6, 6.07) is 7.81. The van der Waals surface area contributed by atoms with E-state index >= 15 is 0 Å². The van der Waals surface area contributed by atoms with E-state index in [2.05, 4.69) is 5.32 Å². The van der Waals surface area contributed by atoms with Gasteiger partial charge in [0.05, 0.1) is 6.10 Å². The number of nitrogens with two attached hydrogens (primary N) is 1. The zero-order chi connectivity index (χ0) is 11.3. The van der Waals surface area contributed by atoms with E-state index in [0.717, 1.165) is 18.8 Å². The smallest absolute Gasteiger partial charge is 0.0549 e. The number of hydrogen-bond acceptors (Lipinski definition) is 3. The molecular formula is C12H20N2O. The molecule has 0 aliphatic carbocycles. The minimum atomic E-state index is -0.260. The van der Waals surface area contributed by atoms with Gasteiger partial charge in [-0.05, 0) is 30.5 Å². The average Bonchev–Trinajstić information content (AvgIpc) is 2.20. The Morgan fingerprint density at radius 1 is 1.27 bits per heavy atom. The average molecular weight is 208 g/mol. The second-order valence-electron chi connectivity index (χ2n) is 4.09. The predicted molar refractivity (Wildman–Crippen MR) is 63.4 cm³/mol. The van der Waals surface area contributed by atoms with Crippen LogP contribution >= 0.6 is 0 Å². The first-order chi connectivity index (χ1) is 7.09. The van der Waals surface area contributed by atoms with E-state index in [1.165, 1.54) is 5.56 Å². The molecule has 0 spiro atoms. The fraction of sp³-hybridized carbons (Fsp3) is 0.500. The molecule has 84 valence electrons. The largest absolute Gasteiger partial charge is 0.399 e. The first kappa shape index (κ1) is 12.0. The Morgan fingerprint density at radius 3 is 2.40 bits per heavy atom. The fourth-order valence-electron chi connectivity index (χ4n) is 1.25. The lowest BCUT2D eigenvalue weighted by molar-refractivity contribution is 0.134. The summed E-state index contributed by atoms with van der Waals surface area (Å²) in [6.07, 6.45) is -0.260. The minimum Gasteiger partial charge on any atom is -0.399 e. The Morgan fingerprint density at radius 2 is 1.87 bits per heavy atom. The predicted octanol–water partition coefficient (Wildman–Crippen LogP) is 1.38. The Kier molecular flexibility index (Phi) is 4.59. The Balaban J connectivity index is 2.29. The highest BCUT2D eigenvalue weighted by Crippen LogP contribution is 2.05. The van der Waals surface area contributed by atoms with Crippen LogP contribution in [-0.4, -0.2) is 17.8 Å². The first-order valence-electron chi connectivity index (χ1n) is 5.33. The third-order valence-corrected chi connectivity index (χ3v) is 2.60. The van der Waals surface area contributed by atoms with E-state index < -0.39 is 0 Å². The molecule has 0 amide bonds. The van der Waals surface area contributed by atoms with Crippen LogP contribution in [0, 0.1) is 5.92 Å². The van der Waals surface area contributed by atoms with E-state index in [0.29, 0.717) is 0 Å². The highest BCUT2D eigenvalue weighted by Gasteiger charge is 2.07. The van der Waals surface area contributed by atoms with Crippen molar-refractivity contribution in [1.82, 2.24) is 5.32 Å². The van der Waals surface area contributed by atoms with Crippen molar-refractivity contribution in [3.63, 3.8) is 0 Å². The summed E-state index contributed by atoms with van der Waals surface area (Å²) in [5.74, 6) is 0.277. The maximum absolute atomic E-state index is 9.30. The molecule has 0 saturated carbocycles. The summed E-state index contributed by atoms with van der Waals surface area (Å²) in [6.45, 7) is 5.48. The van der Waals surface area contributed by atoms with Gasteiger partial charge in [-0.3, -0.25) is 0 Å². The summed E-state index contributed by atoms with van der Waals surface area (Å²) in [7, 11) is 0. The van der Waals surface area contributed by atoms with Crippen LogP contribution in [0.15, 0.2) is 24.3 Å². The lowest BCUT2D eigenvalue weighted by Gasteiger charge is -2.15. The van der Waals surface area contributed by atoms with Crippen LogP contribution in [0.1, 0.15) is 19.4 Å². The third-order valence-electron chi connectivity index (χ3n) is 2.60. The summed E-state index contributed by atoms with van der Waals surface area (Å²) in [5, 5.41) is 12.6. The molecule has 2 unspecified atom stereocenters. The molecule has 1 aromatic carbocycles. The van der Waals surface area contributed by atoms with Crippen LogP contribution in [0.5, 0.6) is 0 Å². The van der Waals surface area contributed by atoms with Gasteiger partial charge in [-0.1, -0.05) is 19.1 Å². The summed E-state index contributed by atoms with van der Waals surface area (Å²) < 4.78 is 0. The standard InChI is InChI=1S/C12H20N2O/c1-9(10(2)15)7-14-8-11-3-5-12(13)6-4-11/h3-6,9-10,14-15H,7-8,13H2,1-2H3. The number of benzene rings is 1. The molecule has 0 fully saturated rings. The van der Waals surface area contributed by atoms with Gasteiger partial charge >= 0.3 is 0 Å². The molecule has 1 aromatic rings. The summed E-state index contributed by atoms with van der Waals surface area (Å²) in [4.78, 5) is 0. The number of nitrogen functional groups attached to an aromatic ring is 1. The van der Waals surface area contributed by atoms with Gasteiger partial charge in [0.1, 0.15) is 0 Å². The maximum atomic E-state index is 9.30. The van der Waals surface area contributed by atoms with Crippen LogP contribution in [0.25, 0.3) is 0 Å². The Bertz CT molecular complexity index is 282. The zero-order valence-electron chi connectivity index (χ0n) is 9.40. The third kappa shape index (κ3) is 4.32. The second kappa shape index (κ2) is 5.73. The van der Waals surface area contributed by atoms with Gasteiger partial charge in [0.2, 0.25) is 0 Å². The van der Waals surface area contributed by atoms with Crippen LogP contribution in [-0.2, 0) is 6.54 Å². The molecule has 15 heavy (non-hydrogen) atoms. The van der Waals surface area contributed by atoms with Crippen molar-refractivity contribution in [3.8, 4) is 0 Å². The maximum Gasteiger partial charge on any atom is 0.0549 e. The van der Waals surface area contributed by atoms with Crippen molar-refractivity contribution >= 4 is 5.69 Å². The van der Waals surface area contributed by atoms with E-state index in [9.17, 15) is 5.11 Å². The second-order valence-corrected chi connectivity index (χ2v) is 4.09. The van der Waals surface area contributed by atoms with Crippen molar-refractivity contribution in [3.05, 3.63) is 29.8 Å². The number of aliphatic hydroxyl groups excluding tert-OH is 1. The molecule has 0 aliphatic heterocycles. The van der Waals surface area contributed by atoms with Crippen molar-refractivity contribution in [2.24, 2.45) is 5.92 Å². The summed E-state index contributed by atoms with van der Waals surface area (Å²) >= 11 is 0. The van der Waals surface area contributed by atoms with Crippen molar-refractivity contribution in [1.29, 1.82) is 0 Å². The number of nitrogens with one attached hydrogen (secondary N) is 1. The number of anilines is 1. The summed E-state index contributed by atoms with van der Waals surface area (Å²) in [5.41, 5.74) is 7.59. The number of rotatable bonds is 5. The number of hydrogen-bond donors (Lipinski definition) is 3. The van der Waals surface area contributed by atoms with Gasteiger partial charge < -0.3 is 16.2 Å². The minimum absolute atomic E-state index is 0.260. The Hall–Kier alpha value is -1.06. The molecule has 3 heteroatoms. The molecule has 0 heterocycles. The van der Waals surface area contributed by atoms with Crippen molar-refractivity contribution in [2.75, 3.05) is 12.3 Å². The van der Waals surface area contributed by atoms with Gasteiger partial charge in [0.25, 0.3) is 0 Å². The molecular weight excluding hydrogens is 188 g/mol. The van der Waals surface area contributed by atoms with Crippen LogP contribution in [0.4, 0.5) is 5.69 Å². The molecule has 0 aromatic heterocycles.